The van der Waals surface area contributed by atoms with Crippen molar-refractivity contribution >= 4 is 41.2 Å². The molecular weight excluding hydrogens is 364 g/mol. The first-order valence-electron chi connectivity index (χ1n) is 7.95. The maximum Gasteiger partial charge on any atom is 0.326 e. The lowest BCUT2D eigenvalue weighted by atomic mass is 10.3. The number of urea groups is 1. The number of rotatable bonds is 7. The average Bonchev–Trinajstić information content (AvgIpc) is 2.83. The molecule has 1 fully saturated rings. The van der Waals surface area contributed by atoms with Crippen molar-refractivity contribution in [2.24, 2.45) is 0 Å². The van der Waals surface area contributed by atoms with Crippen LogP contribution in [0.25, 0.3) is 0 Å². The summed E-state index contributed by atoms with van der Waals surface area (Å²) in [5.74, 6) is -1.13. The molecule has 10 heteroatoms. The summed E-state index contributed by atoms with van der Waals surface area (Å²) in [6.45, 7) is 1.61. The number of ether oxygens (including phenoxy) is 1. The fourth-order valence-corrected chi connectivity index (χ4v) is 2.37. The molecular formula is C16H19ClN4O5. The van der Waals surface area contributed by atoms with Crippen LogP contribution in [0.3, 0.4) is 0 Å². The van der Waals surface area contributed by atoms with Crippen molar-refractivity contribution in [3.63, 3.8) is 0 Å². The molecule has 2 rings (SSSR count). The predicted octanol–water partition coefficient (Wildman–Crippen LogP) is 1.28. The second-order valence-corrected chi connectivity index (χ2v) is 6.21. The number of imide groups is 1. The lowest BCUT2D eigenvalue weighted by Crippen LogP contribution is -2.33. The van der Waals surface area contributed by atoms with Crippen LogP contribution < -0.4 is 5.32 Å². The second-order valence-electron chi connectivity index (χ2n) is 5.77. The minimum absolute atomic E-state index is 0.0163. The number of esters is 1. The fraction of sp³-hybridized carbons (Fsp3) is 0.438. The lowest BCUT2D eigenvalue weighted by Gasteiger charge is -2.15. The van der Waals surface area contributed by atoms with Crippen molar-refractivity contribution < 1.29 is 23.9 Å². The number of anilines is 1. The highest BCUT2D eigenvalue weighted by Gasteiger charge is 2.33. The average molecular weight is 383 g/mol. The number of nitrogens with one attached hydrogen (secondary N) is 1. The molecule has 0 unspecified atom stereocenters. The lowest BCUT2D eigenvalue weighted by molar-refractivity contribution is -0.153. The maximum atomic E-state index is 12.0. The van der Waals surface area contributed by atoms with Crippen LogP contribution in [0.4, 0.5) is 10.6 Å². The molecule has 1 atom stereocenters. The van der Waals surface area contributed by atoms with E-state index in [2.05, 4.69) is 10.3 Å². The summed E-state index contributed by atoms with van der Waals surface area (Å²) in [4.78, 5) is 53.4. The van der Waals surface area contributed by atoms with E-state index < -0.39 is 18.0 Å². The number of hydrogen-bond acceptors (Lipinski definition) is 6. The number of amides is 4. The van der Waals surface area contributed by atoms with E-state index in [4.69, 9.17) is 16.3 Å². The van der Waals surface area contributed by atoms with Gasteiger partial charge < -0.3 is 15.0 Å². The molecule has 0 saturated carbocycles. The van der Waals surface area contributed by atoms with Crippen LogP contribution in [0.15, 0.2) is 18.3 Å². The third kappa shape index (κ3) is 5.16. The molecule has 1 aliphatic heterocycles. The van der Waals surface area contributed by atoms with E-state index in [0.717, 1.165) is 4.90 Å². The molecule has 4 amide bonds. The largest absolute Gasteiger partial charge is 0.453 e. The molecule has 9 nitrogen and oxygen atoms in total. The molecule has 0 spiro atoms. The number of likely N-dealkylation sites (N-methyl/N-ethyl adjacent to an activating group) is 1. The highest BCUT2D eigenvalue weighted by molar-refractivity contribution is 6.30. The number of aromatic nitrogens is 1. The molecule has 1 N–H and O–H groups in total. The Morgan fingerprint density at radius 1 is 1.38 bits per heavy atom. The van der Waals surface area contributed by atoms with Gasteiger partial charge in [0.05, 0.1) is 5.02 Å². The smallest absolute Gasteiger partial charge is 0.326 e. The summed E-state index contributed by atoms with van der Waals surface area (Å²) >= 11 is 5.71. The van der Waals surface area contributed by atoms with E-state index in [0.29, 0.717) is 5.02 Å². The molecule has 0 aromatic carbocycles. The standard InChI is InChI=1S/C16H19ClN4O5/c1-10(15(24)19-12-6-5-11(17)8-18-12)26-14(23)4-3-7-21-13(22)9-20(2)16(21)25/h5-6,8,10H,3-4,7,9H2,1-2H3,(H,18,19,24)/t10-/m0/s1. The zero-order valence-electron chi connectivity index (χ0n) is 14.4. The Hall–Kier alpha value is -2.68. The summed E-state index contributed by atoms with van der Waals surface area (Å²) in [6.07, 6.45) is 0.613. The zero-order chi connectivity index (χ0) is 19.3. The number of carbonyl (C=O) groups excluding carboxylic acids is 4. The first-order valence-corrected chi connectivity index (χ1v) is 8.33. The van der Waals surface area contributed by atoms with Crippen molar-refractivity contribution in [1.82, 2.24) is 14.8 Å². The topological polar surface area (TPSA) is 109 Å². The van der Waals surface area contributed by atoms with Gasteiger partial charge in [-0.2, -0.15) is 0 Å². The Labute approximate surface area is 155 Å². The van der Waals surface area contributed by atoms with Gasteiger partial charge in [0.1, 0.15) is 12.4 Å². The molecule has 26 heavy (non-hydrogen) atoms. The first kappa shape index (κ1) is 19.6. The molecule has 0 radical (unpaired) electrons. The molecule has 1 aliphatic rings. The number of pyridine rings is 1. The molecule has 2 heterocycles. The summed E-state index contributed by atoms with van der Waals surface area (Å²) in [5.41, 5.74) is 0. The van der Waals surface area contributed by atoms with Gasteiger partial charge in [-0.15, -0.1) is 0 Å². The van der Waals surface area contributed by atoms with Gasteiger partial charge in [0.2, 0.25) is 5.91 Å². The van der Waals surface area contributed by atoms with Crippen molar-refractivity contribution in [3.05, 3.63) is 23.4 Å². The number of carbonyl (C=O) groups is 4. The first-order chi connectivity index (χ1) is 12.3. The molecule has 1 aromatic rings. The third-order valence-electron chi connectivity index (χ3n) is 3.65. The van der Waals surface area contributed by atoms with E-state index >= 15 is 0 Å². The van der Waals surface area contributed by atoms with Gasteiger partial charge in [-0.3, -0.25) is 19.3 Å². The summed E-state index contributed by atoms with van der Waals surface area (Å²) in [5, 5.41) is 2.94. The van der Waals surface area contributed by atoms with Gasteiger partial charge >= 0.3 is 12.0 Å². The van der Waals surface area contributed by atoms with Gasteiger partial charge in [0.25, 0.3) is 5.91 Å². The van der Waals surface area contributed by atoms with Gasteiger partial charge in [0.15, 0.2) is 6.10 Å². The SMILES string of the molecule is C[C@H](OC(=O)CCCN1C(=O)CN(C)C1=O)C(=O)Nc1ccc(Cl)cn1. The van der Waals surface area contributed by atoms with Crippen LogP contribution in [-0.4, -0.2) is 64.8 Å². The van der Waals surface area contributed by atoms with Gasteiger partial charge in [-0.1, -0.05) is 11.6 Å². The Kier molecular flexibility index (Phi) is 6.51. The Morgan fingerprint density at radius 3 is 2.69 bits per heavy atom. The van der Waals surface area contributed by atoms with Crippen LogP contribution in [-0.2, 0) is 19.1 Å². The van der Waals surface area contributed by atoms with E-state index in [1.54, 1.807) is 6.07 Å². The fourth-order valence-electron chi connectivity index (χ4n) is 2.26. The summed E-state index contributed by atoms with van der Waals surface area (Å²) < 4.78 is 5.04. The van der Waals surface area contributed by atoms with Gasteiger partial charge in [-0.05, 0) is 25.5 Å². The Balaban J connectivity index is 1.73. The zero-order valence-corrected chi connectivity index (χ0v) is 15.2. The van der Waals surface area contributed by atoms with Crippen molar-refractivity contribution in [2.45, 2.75) is 25.9 Å². The predicted molar refractivity (Wildman–Crippen MR) is 92.4 cm³/mol. The second kappa shape index (κ2) is 8.61. The van der Waals surface area contributed by atoms with Crippen molar-refractivity contribution in [1.29, 1.82) is 0 Å². The molecule has 1 aromatic heterocycles. The van der Waals surface area contributed by atoms with Crippen molar-refractivity contribution in [2.75, 3.05) is 25.5 Å². The normalized spacial score (nSPS) is 15.2. The van der Waals surface area contributed by atoms with Crippen LogP contribution >= 0.6 is 11.6 Å². The number of hydrogen-bond donors (Lipinski definition) is 1. The quantitative estimate of drug-likeness (QED) is 0.562. The maximum absolute atomic E-state index is 12.0. The monoisotopic (exact) mass is 382 g/mol. The Morgan fingerprint density at radius 2 is 2.12 bits per heavy atom. The number of halogens is 1. The number of nitrogens with zero attached hydrogens (tertiary/aromatic N) is 3. The minimum Gasteiger partial charge on any atom is -0.453 e. The molecule has 0 aliphatic carbocycles. The highest BCUT2D eigenvalue weighted by Crippen LogP contribution is 2.11. The van der Waals surface area contributed by atoms with Crippen LogP contribution in [0, 0.1) is 0 Å². The minimum atomic E-state index is -1.01. The van der Waals surface area contributed by atoms with Crippen LogP contribution in [0.2, 0.25) is 5.02 Å². The van der Waals surface area contributed by atoms with E-state index in [1.165, 1.54) is 31.1 Å². The van der Waals surface area contributed by atoms with Gasteiger partial charge in [0, 0.05) is 26.2 Å². The molecule has 1 saturated heterocycles. The third-order valence-corrected chi connectivity index (χ3v) is 3.87. The van der Waals surface area contributed by atoms with Crippen LogP contribution in [0.1, 0.15) is 19.8 Å². The Bertz CT molecular complexity index is 709. The van der Waals surface area contributed by atoms with E-state index in [1.807, 2.05) is 0 Å². The van der Waals surface area contributed by atoms with Gasteiger partial charge in [-0.25, -0.2) is 9.78 Å². The van der Waals surface area contributed by atoms with Crippen molar-refractivity contribution in [3.8, 4) is 0 Å². The van der Waals surface area contributed by atoms with E-state index in [-0.39, 0.29) is 43.7 Å². The van der Waals surface area contributed by atoms with Crippen LogP contribution in [0.5, 0.6) is 0 Å². The van der Waals surface area contributed by atoms with E-state index in [9.17, 15) is 19.2 Å². The molecule has 140 valence electrons. The summed E-state index contributed by atoms with van der Waals surface area (Å²) in [6, 6.07) is 2.71. The molecule has 0 bridgehead atoms. The highest BCUT2D eigenvalue weighted by atomic mass is 35.5. The summed E-state index contributed by atoms with van der Waals surface area (Å²) in [7, 11) is 1.53.